The Morgan fingerprint density at radius 3 is 1.95 bits per heavy atom. The number of nitrogens with one attached hydrogen (secondary N) is 1. The average Bonchev–Trinajstić information content (AvgIpc) is 3.37. The highest BCUT2D eigenvalue weighted by Gasteiger charge is 2.78. The summed E-state index contributed by atoms with van der Waals surface area (Å²) < 4.78 is 48.8. The zero-order valence-corrected chi connectivity index (χ0v) is 41.5. The maximum Gasteiger partial charge on any atom is 0.408 e. The van der Waals surface area contributed by atoms with Crippen LogP contribution in [0.15, 0.2) is 132 Å². The van der Waals surface area contributed by atoms with E-state index in [0.717, 1.165) is 19.4 Å². The SMILES string of the molecule is CC(=O)O[C@H]1C(=O)[C@@]2(C)C([C@H](OC(=O)c3ccccc3)[C@]3(O)C[C@H](OC(=O)[C@@H](OCOCc4ccccc4)[C@@H](NC(=O)OCc4ccccc4)c4ccccc4)C(C)=C1C3(C)C)[C@]1(OC(C)=O)CO[C@@H]1C[C@@H]2O. The number of fused-ring (bicyclic) bond motifs is 5. The number of hydrogen-bond acceptors (Lipinski definition) is 16. The molecule has 4 aliphatic rings. The number of benzene rings is 4. The molecule has 1 heterocycles. The molecule has 8 rings (SSSR count). The van der Waals surface area contributed by atoms with Crippen molar-refractivity contribution in [2.24, 2.45) is 16.7 Å². The number of esters is 4. The number of alkyl carbamates (subject to hydrolysis) is 1. The van der Waals surface area contributed by atoms with Gasteiger partial charge in [0.1, 0.15) is 37.3 Å². The fraction of sp³-hybridized carbons (Fsp3) is 0.429. The quantitative estimate of drug-likeness (QED) is 0.0361. The van der Waals surface area contributed by atoms with Gasteiger partial charge in [0, 0.05) is 32.1 Å². The summed E-state index contributed by atoms with van der Waals surface area (Å²) in [6, 6.07) is 33.3. The third-order valence-electron chi connectivity index (χ3n) is 15.1. The maximum absolute atomic E-state index is 15.8. The van der Waals surface area contributed by atoms with Crippen molar-refractivity contribution in [2.45, 2.75) is 121 Å². The lowest BCUT2D eigenvalue weighted by molar-refractivity contribution is -0.346. The predicted octanol–water partition coefficient (Wildman–Crippen LogP) is 6.43. The van der Waals surface area contributed by atoms with E-state index in [-0.39, 0.29) is 43.0 Å². The number of aliphatic hydroxyl groups is 2. The Labute approximate surface area is 423 Å². The van der Waals surface area contributed by atoms with E-state index in [1.165, 1.54) is 19.1 Å². The van der Waals surface area contributed by atoms with Crippen LogP contribution in [0.3, 0.4) is 0 Å². The minimum Gasteiger partial charge on any atom is -0.456 e. The number of carbonyl (C=O) groups excluding carboxylic acids is 6. The molecular weight excluding hydrogens is 943 g/mol. The van der Waals surface area contributed by atoms with Gasteiger partial charge < -0.3 is 53.4 Å². The molecule has 17 nitrogen and oxygen atoms in total. The van der Waals surface area contributed by atoms with E-state index < -0.39 is 120 Å². The monoisotopic (exact) mass is 1000 g/mol. The summed E-state index contributed by atoms with van der Waals surface area (Å²) >= 11 is 0. The highest BCUT2D eigenvalue weighted by Crippen LogP contribution is 2.64. The first-order valence-corrected chi connectivity index (χ1v) is 24.2. The lowest BCUT2D eigenvalue weighted by atomic mass is 9.44. The van der Waals surface area contributed by atoms with E-state index in [4.69, 9.17) is 37.9 Å². The number of aliphatic hydroxyl groups excluding tert-OH is 1. The molecule has 1 amide bonds. The molecule has 1 unspecified atom stereocenters. The van der Waals surface area contributed by atoms with Crippen LogP contribution >= 0.6 is 0 Å². The van der Waals surface area contributed by atoms with Gasteiger partial charge in [-0.15, -0.1) is 0 Å². The molecule has 2 bridgehead atoms. The molecule has 3 aliphatic carbocycles. The van der Waals surface area contributed by atoms with E-state index in [0.29, 0.717) is 11.1 Å². The number of ether oxygens (including phenoxy) is 8. The van der Waals surface area contributed by atoms with Crippen LogP contribution in [-0.2, 0) is 70.3 Å². The first-order valence-electron chi connectivity index (χ1n) is 24.2. The first-order chi connectivity index (χ1) is 34.8. The second kappa shape index (κ2) is 21.4. The fourth-order valence-corrected chi connectivity index (χ4v) is 11.3. The molecule has 1 aliphatic heterocycles. The molecule has 4 aromatic carbocycles. The van der Waals surface area contributed by atoms with Crippen molar-refractivity contribution in [2.75, 3.05) is 13.4 Å². The zero-order valence-electron chi connectivity index (χ0n) is 41.5. The molecule has 17 heteroatoms. The van der Waals surface area contributed by atoms with Crippen molar-refractivity contribution in [3.8, 4) is 0 Å². The van der Waals surface area contributed by atoms with Crippen LogP contribution in [0.2, 0.25) is 0 Å². The van der Waals surface area contributed by atoms with Gasteiger partial charge in [-0.2, -0.15) is 0 Å². The summed E-state index contributed by atoms with van der Waals surface area (Å²) in [6.45, 7) is 7.58. The fourth-order valence-electron chi connectivity index (χ4n) is 11.3. The Hall–Kier alpha value is -6.76. The Morgan fingerprint density at radius 1 is 0.781 bits per heavy atom. The van der Waals surface area contributed by atoms with Gasteiger partial charge >= 0.3 is 30.0 Å². The predicted molar refractivity (Wildman–Crippen MR) is 259 cm³/mol. The molecule has 0 spiro atoms. The highest BCUT2D eigenvalue weighted by atomic mass is 16.7. The summed E-state index contributed by atoms with van der Waals surface area (Å²) in [5.41, 5.74) is -5.79. The van der Waals surface area contributed by atoms with Crippen molar-refractivity contribution in [1.29, 1.82) is 0 Å². The Kier molecular flexibility index (Phi) is 15.4. The summed E-state index contributed by atoms with van der Waals surface area (Å²) in [5.74, 6) is -6.11. The van der Waals surface area contributed by atoms with Gasteiger partial charge in [0.15, 0.2) is 23.6 Å². The van der Waals surface area contributed by atoms with Gasteiger partial charge in [-0.1, -0.05) is 123 Å². The van der Waals surface area contributed by atoms with Crippen LogP contribution < -0.4 is 5.32 Å². The molecule has 2 saturated carbocycles. The number of rotatable bonds is 16. The normalized spacial score (nSPS) is 28.7. The standard InChI is InChI=1S/C56H61NO16/c1-33-40(71-51(63)46(69-32-66-29-36-19-11-7-12-20-36)44(38-23-15-9-16-24-38)57-52(64)67-30-37-21-13-8-14-22-37)28-56(65)49(72-50(62)39-25-17-10-18-26-39)47-54(6,41(60)27-42-55(47,31-68-42)73-35(3)59)48(61)45(70-34(2)58)43(33)53(56,4)5/h7-26,40-42,44-47,49,60,65H,27-32H2,1-6H3,(H,57,64)/t40-,41-,42+,44-,45+,46-,47?,49-,54+,55-,56+/m0/s1. The topological polar surface area (TPSA) is 229 Å². The number of Topliss-reactive ketones (excluding diaryl/α,β-unsaturated/α-hetero) is 1. The minimum atomic E-state index is -2.42. The molecule has 3 N–H and O–H groups in total. The summed E-state index contributed by atoms with van der Waals surface area (Å²) in [4.78, 5) is 85.6. The van der Waals surface area contributed by atoms with Crippen molar-refractivity contribution in [3.05, 3.63) is 155 Å². The van der Waals surface area contributed by atoms with Gasteiger partial charge in [0.25, 0.3) is 0 Å². The molecule has 1 saturated heterocycles. The third kappa shape index (κ3) is 10.2. The molecule has 386 valence electrons. The minimum absolute atomic E-state index is 0.00583. The van der Waals surface area contributed by atoms with Crippen LogP contribution in [-0.4, -0.2) is 107 Å². The van der Waals surface area contributed by atoms with Crippen molar-refractivity contribution in [3.63, 3.8) is 0 Å². The molecular formula is C56H61NO16. The van der Waals surface area contributed by atoms with Crippen molar-refractivity contribution < 1.29 is 76.9 Å². The van der Waals surface area contributed by atoms with Crippen LogP contribution in [0.25, 0.3) is 0 Å². The van der Waals surface area contributed by atoms with E-state index in [1.807, 2.05) is 36.4 Å². The molecule has 73 heavy (non-hydrogen) atoms. The number of amides is 1. The van der Waals surface area contributed by atoms with E-state index in [2.05, 4.69) is 5.32 Å². The third-order valence-corrected chi connectivity index (χ3v) is 15.1. The smallest absolute Gasteiger partial charge is 0.408 e. The summed E-state index contributed by atoms with van der Waals surface area (Å²) in [6.07, 6.45) is -11.2. The molecule has 0 radical (unpaired) electrons. The molecule has 0 aromatic heterocycles. The van der Waals surface area contributed by atoms with Crippen molar-refractivity contribution >= 4 is 35.8 Å². The highest BCUT2D eigenvalue weighted by molar-refractivity contribution is 5.95. The van der Waals surface area contributed by atoms with E-state index in [1.54, 1.807) is 93.6 Å². The van der Waals surface area contributed by atoms with Crippen LogP contribution in [0.1, 0.15) is 87.5 Å². The summed E-state index contributed by atoms with van der Waals surface area (Å²) in [7, 11) is 0. The van der Waals surface area contributed by atoms with Gasteiger partial charge in [0.2, 0.25) is 0 Å². The van der Waals surface area contributed by atoms with Gasteiger partial charge in [-0.05, 0) is 53.8 Å². The molecule has 3 fully saturated rings. The maximum atomic E-state index is 15.8. The molecule has 11 atom stereocenters. The van der Waals surface area contributed by atoms with E-state index >= 15 is 9.59 Å². The van der Waals surface area contributed by atoms with E-state index in [9.17, 15) is 29.4 Å². The lowest BCUT2D eigenvalue weighted by Crippen LogP contribution is -2.82. The van der Waals surface area contributed by atoms with Gasteiger partial charge in [-0.25, -0.2) is 14.4 Å². The van der Waals surface area contributed by atoms with Gasteiger partial charge in [-0.3, -0.25) is 14.4 Å². The summed E-state index contributed by atoms with van der Waals surface area (Å²) in [5, 5.41) is 29.0. The second-order valence-electron chi connectivity index (χ2n) is 19.8. The zero-order chi connectivity index (χ0) is 52.3. The number of carbonyl (C=O) groups is 6. The van der Waals surface area contributed by atoms with Gasteiger partial charge in [0.05, 0.1) is 42.3 Å². The Morgan fingerprint density at radius 2 is 1.37 bits per heavy atom. The second-order valence-corrected chi connectivity index (χ2v) is 19.8. The first kappa shape index (κ1) is 52.6. The van der Waals surface area contributed by atoms with Crippen LogP contribution in [0.5, 0.6) is 0 Å². The van der Waals surface area contributed by atoms with Crippen LogP contribution in [0, 0.1) is 16.7 Å². The average molecular weight is 1000 g/mol. The van der Waals surface area contributed by atoms with Crippen molar-refractivity contribution in [1.82, 2.24) is 5.32 Å². The Bertz CT molecular complexity index is 2700. The number of ketones is 1. The number of hydrogen-bond donors (Lipinski definition) is 3. The van der Waals surface area contributed by atoms with Crippen LogP contribution in [0.4, 0.5) is 4.79 Å². The molecule has 4 aromatic rings. The largest absolute Gasteiger partial charge is 0.456 e. The Balaban J connectivity index is 1.25. The lowest BCUT2D eigenvalue weighted by Gasteiger charge is -2.67.